The Balaban J connectivity index is 1.90. The van der Waals surface area contributed by atoms with Gasteiger partial charge in [-0.1, -0.05) is 6.92 Å². The van der Waals surface area contributed by atoms with Crippen molar-refractivity contribution in [1.29, 1.82) is 0 Å². The highest BCUT2D eigenvalue weighted by Crippen LogP contribution is 2.27. The Morgan fingerprint density at radius 2 is 2.05 bits per heavy atom. The van der Waals surface area contributed by atoms with Crippen molar-refractivity contribution in [3.8, 4) is 11.3 Å². The lowest BCUT2D eigenvalue weighted by Crippen LogP contribution is -2.16. The fourth-order valence-electron chi connectivity index (χ4n) is 2.09. The van der Waals surface area contributed by atoms with Gasteiger partial charge in [0.2, 0.25) is 0 Å². The van der Waals surface area contributed by atoms with Gasteiger partial charge in [0.05, 0.1) is 11.8 Å². The van der Waals surface area contributed by atoms with E-state index in [4.69, 9.17) is 8.83 Å². The summed E-state index contributed by atoms with van der Waals surface area (Å²) < 4.78 is 11.3. The molecule has 2 aromatic rings. The van der Waals surface area contributed by atoms with Gasteiger partial charge in [0.25, 0.3) is 0 Å². The molecule has 4 heteroatoms. The van der Waals surface area contributed by atoms with Crippen LogP contribution in [0.5, 0.6) is 0 Å². The standard InChI is InChI=1S/C15H22N2O2/c1-4-7-16-8-5-6-15-17-10-14(19-15)13-9-11(2)18-12(13)3/h9-10,16H,4-8H2,1-3H3. The number of aryl methyl sites for hydroxylation is 3. The van der Waals surface area contributed by atoms with Crippen molar-refractivity contribution in [1.82, 2.24) is 10.3 Å². The normalized spacial score (nSPS) is 11.1. The van der Waals surface area contributed by atoms with Crippen LogP contribution in [-0.2, 0) is 6.42 Å². The third-order valence-corrected chi connectivity index (χ3v) is 3.03. The molecule has 0 aliphatic heterocycles. The summed E-state index contributed by atoms with van der Waals surface area (Å²) in [5.74, 6) is 3.37. The third-order valence-electron chi connectivity index (χ3n) is 3.03. The number of rotatable bonds is 7. The Morgan fingerprint density at radius 1 is 1.21 bits per heavy atom. The Labute approximate surface area is 114 Å². The summed E-state index contributed by atoms with van der Waals surface area (Å²) in [5.41, 5.74) is 1.00. The van der Waals surface area contributed by atoms with Crippen LogP contribution in [0.4, 0.5) is 0 Å². The summed E-state index contributed by atoms with van der Waals surface area (Å²) in [7, 11) is 0. The summed E-state index contributed by atoms with van der Waals surface area (Å²) in [4.78, 5) is 4.32. The minimum atomic E-state index is 0.797. The number of hydrogen-bond donors (Lipinski definition) is 1. The van der Waals surface area contributed by atoms with Crippen LogP contribution in [0, 0.1) is 13.8 Å². The van der Waals surface area contributed by atoms with Crippen LogP contribution in [0.3, 0.4) is 0 Å². The minimum Gasteiger partial charge on any atom is -0.466 e. The van der Waals surface area contributed by atoms with Crippen molar-refractivity contribution >= 4 is 0 Å². The number of furan rings is 1. The lowest BCUT2D eigenvalue weighted by Gasteiger charge is -2.00. The van der Waals surface area contributed by atoms with E-state index in [0.717, 1.165) is 54.7 Å². The highest BCUT2D eigenvalue weighted by atomic mass is 16.4. The van der Waals surface area contributed by atoms with Crippen LogP contribution in [-0.4, -0.2) is 18.1 Å². The third kappa shape index (κ3) is 3.70. The second kappa shape index (κ2) is 6.57. The molecule has 0 radical (unpaired) electrons. The topological polar surface area (TPSA) is 51.2 Å². The predicted molar refractivity (Wildman–Crippen MR) is 75.2 cm³/mol. The predicted octanol–water partition coefficient (Wildman–Crippen LogP) is 3.48. The van der Waals surface area contributed by atoms with E-state index < -0.39 is 0 Å². The Kier molecular flexibility index (Phi) is 4.80. The molecule has 2 rings (SSSR count). The summed E-state index contributed by atoms with van der Waals surface area (Å²) in [6.45, 7) is 8.13. The van der Waals surface area contributed by atoms with Crippen molar-refractivity contribution in [2.24, 2.45) is 0 Å². The van der Waals surface area contributed by atoms with Gasteiger partial charge in [0.15, 0.2) is 11.7 Å². The van der Waals surface area contributed by atoms with Gasteiger partial charge in [0.1, 0.15) is 11.5 Å². The van der Waals surface area contributed by atoms with E-state index in [-0.39, 0.29) is 0 Å². The van der Waals surface area contributed by atoms with Crippen LogP contribution >= 0.6 is 0 Å². The zero-order valence-electron chi connectivity index (χ0n) is 12.0. The van der Waals surface area contributed by atoms with Gasteiger partial charge in [-0.2, -0.15) is 0 Å². The van der Waals surface area contributed by atoms with E-state index in [0.29, 0.717) is 0 Å². The van der Waals surface area contributed by atoms with Gasteiger partial charge < -0.3 is 14.2 Å². The molecule has 1 N–H and O–H groups in total. The maximum absolute atomic E-state index is 5.77. The SMILES string of the molecule is CCCNCCCc1ncc(-c2cc(C)oc2C)o1. The molecule has 0 spiro atoms. The van der Waals surface area contributed by atoms with Gasteiger partial charge in [-0.05, 0) is 45.8 Å². The molecule has 4 nitrogen and oxygen atoms in total. The molecule has 0 bridgehead atoms. The molecule has 2 heterocycles. The molecule has 0 saturated heterocycles. The molecule has 0 amide bonds. The first-order chi connectivity index (χ1) is 9.20. The number of nitrogens with one attached hydrogen (secondary N) is 1. The summed E-state index contributed by atoms with van der Waals surface area (Å²) in [5, 5.41) is 3.37. The first kappa shape index (κ1) is 13.9. The number of oxazole rings is 1. The zero-order valence-corrected chi connectivity index (χ0v) is 12.0. The Hall–Kier alpha value is -1.55. The van der Waals surface area contributed by atoms with Crippen LogP contribution in [0.15, 0.2) is 21.1 Å². The number of nitrogens with zero attached hydrogens (tertiary/aromatic N) is 1. The fraction of sp³-hybridized carbons (Fsp3) is 0.533. The monoisotopic (exact) mass is 262 g/mol. The lowest BCUT2D eigenvalue weighted by atomic mass is 10.2. The fourth-order valence-corrected chi connectivity index (χ4v) is 2.09. The summed E-state index contributed by atoms with van der Waals surface area (Å²) >= 11 is 0. The molecular weight excluding hydrogens is 240 g/mol. The van der Waals surface area contributed by atoms with E-state index >= 15 is 0 Å². The van der Waals surface area contributed by atoms with Gasteiger partial charge in [-0.15, -0.1) is 0 Å². The molecule has 0 fully saturated rings. The van der Waals surface area contributed by atoms with Crippen LogP contribution in [0.1, 0.15) is 37.2 Å². The molecule has 0 aliphatic carbocycles. The minimum absolute atomic E-state index is 0.797. The molecule has 0 aromatic carbocycles. The van der Waals surface area contributed by atoms with Crippen LogP contribution < -0.4 is 5.32 Å². The van der Waals surface area contributed by atoms with E-state index in [9.17, 15) is 0 Å². The molecule has 0 aliphatic rings. The Bertz CT molecular complexity index is 514. The molecule has 104 valence electrons. The average Bonchev–Trinajstić information content (AvgIpc) is 2.95. The van der Waals surface area contributed by atoms with Crippen molar-refractivity contribution < 1.29 is 8.83 Å². The van der Waals surface area contributed by atoms with E-state index in [2.05, 4.69) is 17.2 Å². The van der Waals surface area contributed by atoms with Gasteiger partial charge in [0, 0.05) is 6.42 Å². The van der Waals surface area contributed by atoms with Crippen molar-refractivity contribution in [3.05, 3.63) is 29.7 Å². The maximum Gasteiger partial charge on any atom is 0.194 e. The highest BCUT2D eigenvalue weighted by Gasteiger charge is 2.12. The van der Waals surface area contributed by atoms with E-state index in [1.54, 1.807) is 6.20 Å². The number of hydrogen-bond acceptors (Lipinski definition) is 4. The van der Waals surface area contributed by atoms with E-state index in [1.807, 2.05) is 19.9 Å². The molecule has 19 heavy (non-hydrogen) atoms. The first-order valence-corrected chi connectivity index (χ1v) is 6.93. The van der Waals surface area contributed by atoms with Crippen molar-refractivity contribution in [3.63, 3.8) is 0 Å². The van der Waals surface area contributed by atoms with Crippen LogP contribution in [0.2, 0.25) is 0 Å². The molecule has 0 atom stereocenters. The first-order valence-electron chi connectivity index (χ1n) is 6.93. The quantitative estimate of drug-likeness (QED) is 0.776. The summed E-state index contributed by atoms with van der Waals surface area (Å²) in [6.07, 6.45) is 4.87. The highest BCUT2D eigenvalue weighted by molar-refractivity contribution is 5.59. The number of aromatic nitrogens is 1. The van der Waals surface area contributed by atoms with Gasteiger partial charge in [-0.3, -0.25) is 0 Å². The molecule has 2 aromatic heterocycles. The van der Waals surface area contributed by atoms with Crippen molar-refractivity contribution in [2.45, 2.75) is 40.0 Å². The Morgan fingerprint density at radius 3 is 2.74 bits per heavy atom. The zero-order chi connectivity index (χ0) is 13.7. The van der Waals surface area contributed by atoms with Crippen molar-refractivity contribution in [2.75, 3.05) is 13.1 Å². The summed E-state index contributed by atoms with van der Waals surface area (Å²) in [6, 6.07) is 1.99. The van der Waals surface area contributed by atoms with Gasteiger partial charge >= 0.3 is 0 Å². The molecule has 0 unspecified atom stereocenters. The van der Waals surface area contributed by atoms with Gasteiger partial charge in [-0.25, -0.2) is 4.98 Å². The molecular formula is C15H22N2O2. The second-order valence-electron chi connectivity index (χ2n) is 4.80. The second-order valence-corrected chi connectivity index (χ2v) is 4.80. The molecule has 0 saturated carbocycles. The lowest BCUT2D eigenvalue weighted by molar-refractivity contribution is 0.485. The maximum atomic E-state index is 5.77. The largest absolute Gasteiger partial charge is 0.466 e. The smallest absolute Gasteiger partial charge is 0.194 e. The average molecular weight is 262 g/mol. The van der Waals surface area contributed by atoms with Crippen LogP contribution in [0.25, 0.3) is 11.3 Å². The van der Waals surface area contributed by atoms with E-state index in [1.165, 1.54) is 6.42 Å².